The van der Waals surface area contributed by atoms with Crippen molar-refractivity contribution >= 4 is 5.96 Å². The van der Waals surface area contributed by atoms with E-state index in [0.717, 1.165) is 45.0 Å². The van der Waals surface area contributed by atoms with E-state index in [1.165, 1.54) is 45.6 Å². The summed E-state index contributed by atoms with van der Waals surface area (Å²) < 4.78 is 11.1. The van der Waals surface area contributed by atoms with Gasteiger partial charge in [0, 0.05) is 52.4 Å². The van der Waals surface area contributed by atoms with Crippen molar-refractivity contribution in [3.8, 4) is 0 Å². The zero-order chi connectivity index (χ0) is 19.6. The van der Waals surface area contributed by atoms with Crippen LogP contribution in [0.15, 0.2) is 4.99 Å². The third-order valence-electron chi connectivity index (χ3n) is 4.65. The molecular formula is C20H43N5O2. The summed E-state index contributed by atoms with van der Waals surface area (Å²) >= 11 is 0. The first-order valence-corrected chi connectivity index (χ1v) is 10.8. The molecule has 7 heteroatoms. The van der Waals surface area contributed by atoms with Gasteiger partial charge in [0.2, 0.25) is 0 Å². The van der Waals surface area contributed by atoms with Crippen LogP contribution in [0.2, 0.25) is 0 Å². The summed E-state index contributed by atoms with van der Waals surface area (Å²) in [6.45, 7) is 15.6. The Morgan fingerprint density at radius 3 is 2.33 bits per heavy atom. The van der Waals surface area contributed by atoms with E-state index in [-0.39, 0.29) is 0 Å². The molecule has 160 valence electrons. The molecule has 1 aliphatic rings. The number of unbranched alkanes of at least 4 members (excludes halogenated alkanes) is 2. The van der Waals surface area contributed by atoms with E-state index in [1.807, 2.05) is 0 Å². The van der Waals surface area contributed by atoms with Crippen LogP contribution in [0, 0.1) is 0 Å². The molecule has 2 N–H and O–H groups in total. The molecule has 7 nitrogen and oxygen atoms in total. The second-order valence-corrected chi connectivity index (χ2v) is 7.12. The topological polar surface area (TPSA) is 61.4 Å². The summed E-state index contributed by atoms with van der Waals surface area (Å²) in [5, 5.41) is 6.63. The van der Waals surface area contributed by atoms with Gasteiger partial charge in [-0.15, -0.1) is 0 Å². The molecule has 1 heterocycles. The molecule has 0 spiro atoms. The average Bonchev–Trinajstić information content (AvgIpc) is 2.67. The zero-order valence-electron chi connectivity index (χ0n) is 18.0. The molecule has 1 rings (SSSR count). The summed E-state index contributed by atoms with van der Waals surface area (Å²) in [7, 11) is 2.20. The maximum atomic E-state index is 5.58. The van der Waals surface area contributed by atoms with Gasteiger partial charge in [0.25, 0.3) is 0 Å². The minimum absolute atomic E-state index is 0.658. The van der Waals surface area contributed by atoms with Crippen LogP contribution in [0.4, 0.5) is 0 Å². The molecule has 1 fully saturated rings. The number of nitrogens with one attached hydrogen (secondary N) is 2. The molecule has 0 amide bonds. The predicted octanol–water partition coefficient (Wildman–Crippen LogP) is 1.40. The van der Waals surface area contributed by atoms with Crippen molar-refractivity contribution in [3.63, 3.8) is 0 Å². The summed E-state index contributed by atoms with van der Waals surface area (Å²) in [6, 6.07) is 0. The highest BCUT2D eigenvalue weighted by molar-refractivity contribution is 5.79. The van der Waals surface area contributed by atoms with Crippen molar-refractivity contribution in [2.24, 2.45) is 4.99 Å². The number of piperazine rings is 1. The minimum atomic E-state index is 0.658. The van der Waals surface area contributed by atoms with E-state index in [4.69, 9.17) is 9.47 Å². The number of hydrogen-bond acceptors (Lipinski definition) is 5. The van der Waals surface area contributed by atoms with Gasteiger partial charge < -0.3 is 29.9 Å². The Hall–Kier alpha value is -0.890. The van der Waals surface area contributed by atoms with Crippen molar-refractivity contribution in [3.05, 3.63) is 0 Å². The lowest BCUT2D eigenvalue weighted by atomic mass is 10.2. The van der Waals surface area contributed by atoms with Gasteiger partial charge in [0.1, 0.15) is 0 Å². The monoisotopic (exact) mass is 385 g/mol. The SMILES string of the molecule is CCCCOCCOCCNC(=NCCCCN1CCN(C)CC1)NCC. The van der Waals surface area contributed by atoms with Crippen molar-refractivity contribution < 1.29 is 9.47 Å². The summed E-state index contributed by atoms with van der Waals surface area (Å²) in [5.41, 5.74) is 0. The molecule has 27 heavy (non-hydrogen) atoms. The Kier molecular flexibility index (Phi) is 15.4. The van der Waals surface area contributed by atoms with Gasteiger partial charge in [0.15, 0.2) is 5.96 Å². The normalized spacial score (nSPS) is 16.6. The van der Waals surface area contributed by atoms with Crippen molar-refractivity contribution in [2.75, 3.05) is 85.8 Å². The highest BCUT2D eigenvalue weighted by atomic mass is 16.5. The number of nitrogens with zero attached hydrogens (tertiary/aromatic N) is 3. The molecular weight excluding hydrogens is 342 g/mol. The molecule has 0 aliphatic carbocycles. The maximum absolute atomic E-state index is 5.58. The Balaban J connectivity index is 2.01. The standard InChI is InChI=1S/C20H43N5O2/c1-4-6-16-26-18-19-27-17-10-23-20(21-5-2)22-9-7-8-11-25-14-12-24(3)13-15-25/h4-19H2,1-3H3,(H2,21,22,23). The van der Waals surface area contributed by atoms with Gasteiger partial charge in [-0.1, -0.05) is 13.3 Å². The highest BCUT2D eigenvalue weighted by Crippen LogP contribution is 2.01. The van der Waals surface area contributed by atoms with Crippen LogP contribution < -0.4 is 10.6 Å². The van der Waals surface area contributed by atoms with Crippen molar-refractivity contribution in [1.82, 2.24) is 20.4 Å². The van der Waals surface area contributed by atoms with E-state index in [2.05, 4.69) is 46.3 Å². The molecule has 0 saturated carbocycles. The molecule has 0 atom stereocenters. The second kappa shape index (κ2) is 17.2. The summed E-state index contributed by atoms with van der Waals surface area (Å²) in [4.78, 5) is 9.63. The van der Waals surface area contributed by atoms with Crippen LogP contribution in [0.1, 0.15) is 39.5 Å². The van der Waals surface area contributed by atoms with E-state index < -0.39 is 0 Å². The van der Waals surface area contributed by atoms with Crippen LogP contribution in [-0.2, 0) is 9.47 Å². The van der Waals surface area contributed by atoms with E-state index in [0.29, 0.717) is 19.8 Å². The number of likely N-dealkylation sites (N-methyl/N-ethyl adjacent to an activating group) is 1. The fourth-order valence-corrected chi connectivity index (χ4v) is 2.86. The van der Waals surface area contributed by atoms with Crippen LogP contribution in [0.5, 0.6) is 0 Å². The van der Waals surface area contributed by atoms with E-state index >= 15 is 0 Å². The maximum Gasteiger partial charge on any atom is 0.191 e. The van der Waals surface area contributed by atoms with Crippen LogP contribution in [0.3, 0.4) is 0 Å². The molecule has 0 radical (unpaired) electrons. The number of ether oxygens (including phenoxy) is 2. The van der Waals surface area contributed by atoms with Gasteiger partial charge in [0.05, 0.1) is 19.8 Å². The van der Waals surface area contributed by atoms with Crippen molar-refractivity contribution in [2.45, 2.75) is 39.5 Å². The molecule has 0 unspecified atom stereocenters. The third kappa shape index (κ3) is 13.9. The Bertz CT molecular complexity index is 360. The first kappa shape index (κ1) is 24.1. The fourth-order valence-electron chi connectivity index (χ4n) is 2.86. The van der Waals surface area contributed by atoms with Crippen LogP contribution >= 0.6 is 0 Å². The highest BCUT2D eigenvalue weighted by Gasteiger charge is 2.12. The first-order valence-electron chi connectivity index (χ1n) is 10.8. The zero-order valence-corrected chi connectivity index (χ0v) is 18.0. The van der Waals surface area contributed by atoms with Crippen LogP contribution in [0.25, 0.3) is 0 Å². The first-order chi connectivity index (χ1) is 13.3. The average molecular weight is 386 g/mol. The number of guanidine groups is 1. The minimum Gasteiger partial charge on any atom is -0.379 e. The summed E-state index contributed by atoms with van der Waals surface area (Å²) in [6.07, 6.45) is 4.65. The van der Waals surface area contributed by atoms with Crippen molar-refractivity contribution in [1.29, 1.82) is 0 Å². The largest absolute Gasteiger partial charge is 0.379 e. The van der Waals surface area contributed by atoms with Gasteiger partial charge in [-0.2, -0.15) is 0 Å². The van der Waals surface area contributed by atoms with Gasteiger partial charge in [-0.05, 0) is 39.8 Å². The van der Waals surface area contributed by atoms with E-state index in [1.54, 1.807) is 0 Å². The lowest BCUT2D eigenvalue weighted by Gasteiger charge is -2.32. The quantitative estimate of drug-likeness (QED) is 0.252. The predicted molar refractivity (Wildman–Crippen MR) is 114 cm³/mol. The van der Waals surface area contributed by atoms with Gasteiger partial charge in [-0.25, -0.2) is 0 Å². The lowest BCUT2D eigenvalue weighted by Crippen LogP contribution is -2.44. The Morgan fingerprint density at radius 2 is 1.63 bits per heavy atom. The molecule has 0 bridgehead atoms. The second-order valence-electron chi connectivity index (χ2n) is 7.12. The number of hydrogen-bond donors (Lipinski definition) is 2. The molecule has 0 aromatic rings. The Morgan fingerprint density at radius 1 is 0.889 bits per heavy atom. The van der Waals surface area contributed by atoms with Crippen LogP contribution in [-0.4, -0.2) is 102 Å². The van der Waals surface area contributed by atoms with E-state index in [9.17, 15) is 0 Å². The Labute approximate surface area is 166 Å². The lowest BCUT2D eigenvalue weighted by molar-refractivity contribution is 0.0487. The summed E-state index contributed by atoms with van der Waals surface area (Å²) in [5.74, 6) is 0.889. The molecule has 0 aromatic carbocycles. The third-order valence-corrected chi connectivity index (χ3v) is 4.65. The molecule has 0 aromatic heterocycles. The van der Waals surface area contributed by atoms with Gasteiger partial charge in [-0.3, -0.25) is 4.99 Å². The number of rotatable bonds is 15. The smallest absolute Gasteiger partial charge is 0.191 e. The molecule has 1 saturated heterocycles. The number of aliphatic imine (C=N–C) groups is 1. The molecule has 1 aliphatic heterocycles. The van der Waals surface area contributed by atoms with Gasteiger partial charge >= 0.3 is 0 Å². The fraction of sp³-hybridized carbons (Fsp3) is 0.950.